The van der Waals surface area contributed by atoms with Gasteiger partial charge in [0.15, 0.2) is 10.4 Å². The summed E-state index contributed by atoms with van der Waals surface area (Å²) in [4.78, 5) is 12.5. The lowest BCUT2D eigenvalue weighted by molar-refractivity contribution is -0.122. The molecule has 7 heteroatoms. The molecular weight excluding hydrogens is 402 g/mol. The molecule has 5 nitrogen and oxygen atoms in total. The molecule has 0 spiro atoms. The smallest absolute Gasteiger partial charge is 0.266 e. The first-order valence-corrected chi connectivity index (χ1v) is 11.6. The van der Waals surface area contributed by atoms with Crippen LogP contribution in [0.3, 0.4) is 0 Å². The fourth-order valence-corrected chi connectivity index (χ4v) is 5.00. The van der Waals surface area contributed by atoms with E-state index in [-0.39, 0.29) is 5.91 Å². The number of hydrogen-bond donors (Lipinski definition) is 1. The Morgan fingerprint density at radius 2 is 1.93 bits per heavy atom. The second-order valence-electron chi connectivity index (χ2n) is 7.03. The van der Waals surface area contributed by atoms with Crippen molar-refractivity contribution in [1.82, 2.24) is 10.2 Å². The molecule has 1 amide bonds. The molecule has 29 heavy (non-hydrogen) atoms. The zero-order chi connectivity index (χ0) is 20.1. The van der Waals surface area contributed by atoms with E-state index in [1.807, 2.05) is 24.3 Å². The zero-order valence-electron chi connectivity index (χ0n) is 16.3. The van der Waals surface area contributed by atoms with Crippen molar-refractivity contribution in [3.63, 3.8) is 0 Å². The largest absolute Gasteiger partial charge is 0.481 e. The third-order valence-electron chi connectivity index (χ3n) is 4.84. The Kier molecular flexibility index (Phi) is 6.46. The fraction of sp³-hybridized carbons (Fsp3) is 0.318. The molecule has 0 saturated heterocycles. The molecule has 0 radical (unpaired) electrons. The SMILES string of the molecule is CC(Oc1ccc2c(c1)CCCC2)C(=O)Nc1nnc(SCc2ccccc2)s1. The molecule has 1 aromatic heterocycles. The van der Waals surface area contributed by atoms with Gasteiger partial charge in [-0.1, -0.05) is 59.5 Å². The molecule has 1 heterocycles. The number of amides is 1. The lowest BCUT2D eigenvalue weighted by Gasteiger charge is -2.18. The van der Waals surface area contributed by atoms with Gasteiger partial charge >= 0.3 is 0 Å². The summed E-state index contributed by atoms with van der Waals surface area (Å²) in [5.74, 6) is 1.34. The van der Waals surface area contributed by atoms with Gasteiger partial charge in [-0.05, 0) is 61.4 Å². The molecular formula is C22H23N3O2S2. The van der Waals surface area contributed by atoms with Crippen LogP contribution in [0.4, 0.5) is 5.13 Å². The number of thioether (sulfide) groups is 1. The van der Waals surface area contributed by atoms with Crippen molar-refractivity contribution in [2.75, 3.05) is 5.32 Å². The molecule has 0 fully saturated rings. The summed E-state index contributed by atoms with van der Waals surface area (Å²) < 4.78 is 6.69. The van der Waals surface area contributed by atoms with E-state index in [4.69, 9.17) is 4.74 Å². The third-order valence-corrected chi connectivity index (χ3v) is 6.89. The molecule has 1 aliphatic rings. The number of carbonyl (C=O) groups excluding carboxylic acids is 1. The first-order chi connectivity index (χ1) is 14.2. The maximum atomic E-state index is 12.5. The average molecular weight is 426 g/mol. The number of hydrogen-bond acceptors (Lipinski definition) is 6. The lowest BCUT2D eigenvalue weighted by Crippen LogP contribution is -2.30. The number of carbonyl (C=O) groups is 1. The highest BCUT2D eigenvalue weighted by Gasteiger charge is 2.18. The number of nitrogens with one attached hydrogen (secondary N) is 1. The molecule has 0 bridgehead atoms. The van der Waals surface area contributed by atoms with Gasteiger partial charge in [-0.2, -0.15) is 0 Å². The van der Waals surface area contributed by atoms with Gasteiger partial charge in [-0.25, -0.2) is 0 Å². The number of aromatic nitrogens is 2. The topological polar surface area (TPSA) is 64.1 Å². The first kappa shape index (κ1) is 19.9. The van der Waals surface area contributed by atoms with E-state index in [2.05, 4.69) is 39.8 Å². The molecule has 2 aromatic carbocycles. The molecule has 0 saturated carbocycles. The predicted octanol–water partition coefficient (Wildman–Crippen LogP) is 5.12. The quantitative estimate of drug-likeness (QED) is 0.421. The molecule has 1 N–H and O–H groups in total. The van der Waals surface area contributed by atoms with Gasteiger partial charge in [0.2, 0.25) is 5.13 Å². The van der Waals surface area contributed by atoms with Crippen molar-refractivity contribution < 1.29 is 9.53 Å². The van der Waals surface area contributed by atoms with Crippen LogP contribution in [0.25, 0.3) is 0 Å². The summed E-state index contributed by atoms with van der Waals surface area (Å²) in [7, 11) is 0. The van der Waals surface area contributed by atoms with E-state index in [1.165, 1.54) is 40.9 Å². The molecule has 3 aromatic rings. The number of nitrogens with zero attached hydrogens (tertiary/aromatic N) is 2. The van der Waals surface area contributed by atoms with Crippen molar-refractivity contribution in [3.8, 4) is 5.75 Å². The van der Waals surface area contributed by atoms with Crippen LogP contribution in [0.1, 0.15) is 36.5 Å². The summed E-state index contributed by atoms with van der Waals surface area (Å²) in [5.41, 5.74) is 3.96. The number of anilines is 1. The maximum absolute atomic E-state index is 12.5. The molecule has 1 unspecified atom stereocenters. The standard InChI is InChI=1S/C22H23N3O2S2/c1-15(27-19-12-11-17-9-5-6-10-18(17)13-19)20(26)23-21-24-25-22(29-21)28-14-16-7-3-2-4-8-16/h2-4,7-8,11-13,15H,5-6,9-10,14H2,1H3,(H,23,24,26). The number of rotatable bonds is 7. The van der Waals surface area contributed by atoms with Crippen molar-refractivity contribution in [1.29, 1.82) is 0 Å². The van der Waals surface area contributed by atoms with Crippen LogP contribution in [0.2, 0.25) is 0 Å². The minimum atomic E-state index is -0.610. The highest BCUT2D eigenvalue weighted by atomic mass is 32.2. The van der Waals surface area contributed by atoms with Gasteiger partial charge in [0, 0.05) is 5.75 Å². The van der Waals surface area contributed by atoms with Crippen molar-refractivity contribution >= 4 is 34.1 Å². The van der Waals surface area contributed by atoms with Crippen LogP contribution in [-0.4, -0.2) is 22.2 Å². The maximum Gasteiger partial charge on any atom is 0.266 e. The van der Waals surface area contributed by atoms with Crippen molar-refractivity contribution in [2.45, 2.75) is 48.8 Å². The summed E-state index contributed by atoms with van der Waals surface area (Å²) >= 11 is 2.98. The Morgan fingerprint density at radius 3 is 2.76 bits per heavy atom. The van der Waals surface area contributed by atoms with Crippen LogP contribution in [0.5, 0.6) is 5.75 Å². The first-order valence-electron chi connectivity index (χ1n) is 9.77. The summed E-state index contributed by atoms with van der Waals surface area (Å²) in [5, 5.41) is 11.5. The van der Waals surface area contributed by atoms with Crippen LogP contribution >= 0.6 is 23.1 Å². The van der Waals surface area contributed by atoms with Gasteiger partial charge in [0.25, 0.3) is 5.91 Å². The van der Waals surface area contributed by atoms with Crippen LogP contribution in [0, 0.1) is 0 Å². The van der Waals surface area contributed by atoms with E-state index < -0.39 is 6.10 Å². The van der Waals surface area contributed by atoms with Crippen molar-refractivity contribution in [3.05, 3.63) is 65.2 Å². The van der Waals surface area contributed by atoms with E-state index in [0.717, 1.165) is 28.7 Å². The molecule has 0 aliphatic heterocycles. The Bertz CT molecular complexity index is 975. The second kappa shape index (κ2) is 9.41. The molecule has 4 rings (SSSR count). The van der Waals surface area contributed by atoms with Crippen LogP contribution < -0.4 is 10.1 Å². The van der Waals surface area contributed by atoms with Gasteiger partial charge in [-0.3, -0.25) is 10.1 Å². The van der Waals surface area contributed by atoms with E-state index in [1.54, 1.807) is 18.7 Å². The number of fused-ring (bicyclic) bond motifs is 1. The normalized spacial score (nSPS) is 14.1. The molecule has 1 atom stereocenters. The van der Waals surface area contributed by atoms with Crippen molar-refractivity contribution in [2.24, 2.45) is 0 Å². The summed E-state index contributed by atoms with van der Waals surface area (Å²) in [6, 6.07) is 16.3. The monoisotopic (exact) mass is 425 g/mol. The predicted molar refractivity (Wildman–Crippen MR) is 118 cm³/mol. The van der Waals surface area contributed by atoms with Gasteiger partial charge in [-0.15, -0.1) is 10.2 Å². The molecule has 150 valence electrons. The van der Waals surface area contributed by atoms with Gasteiger partial charge in [0.05, 0.1) is 0 Å². The minimum absolute atomic E-state index is 0.224. The Balaban J connectivity index is 1.30. The van der Waals surface area contributed by atoms with Crippen LogP contribution in [0.15, 0.2) is 52.9 Å². The van der Waals surface area contributed by atoms with Crippen LogP contribution in [-0.2, 0) is 23.4 Å². The zero-order valence-corrected chi connectivity index (χ0v) is 17.9. The van der Waals surface area contributed by atoms with Gasteiger partial charge in [0.1, 0.15) is 5.75 Å². The fourth-order valence-electron chi connectivity index (χ4n) is 3.29. The second-order valence-corrected chi connectivity index (χ2v) is 9.23. The summed E-state index contributed by atoms with van der Waals surface area (Å²) in [6.07, 6.45) is 4.07. The van der Waals surface area contributed by atoms with E-state index in [0.29, 0.717) is 5.13 Å². The minimum Gasteiger partial charge on any atom is -0.481 e. The third kappa shape index (κ3) is 5.36. The van der Waals surface area contributed by atoms with E-state index >= 15 is 0 Å². The van der Waals surface area contributed by atoms with E-state index in [9.17, 15) is 4.79 Å². The average Bonchev–Trinajstić information content (AvgIpc) is 3.20. The number of ether oxygens (including phenoxy) is 1. The lowest BCUT2D eigenvalue weighted by atomic mass is 9.92. The number of benzene rings is 2. The van der Waals surface area contributed by atoms with Gasteiger partial charge < -0.3 is 4.74 Å². The highest BCUT2D eigenvalue weighted by molar-refractivity contribution is 8.00. The highest BCUT2D eigenvalue weighted by Crippen LogP contribution is 2.29. The Morgan fingerprint density at radius 1 is 1.14 bits per heavy atom. The Hall–Kier alpha value is -2.38. The Labute approximate surface area is 178 Å². The summed E-state index contributed by atoms with van der Waals surface area (Å²) in [6.45, 7) is 1.75. The molecule has 1 aliphatic carbocycles. The number of aryl methyl sites for hydroxylation is 2.